The fraction of sp³-hybridized carbons (Fsp3) is 0.889. The van der Waals surface area contributed by atoms with Crippen LogP contribution in [0.2, 0.25) is 0 Å². The van der Waals surface area contributed by atoms with Crippen LogP contribution in [0.3, 0.4) is 0 Å². The summed E-state index contributed by atoms with van der Waals surface area (Å²) in [5, 5.41) is 11.3. The third kappa shape index (κ3) is 3.65. The van der Waals surface area contributed by atoms with Gasteiger partial charge in [0.05, 0.1) is 12.2 Å². The molecule has 0 amide bonds. The van der Waals surface area contributed by atoms with Crippen molar-refractivity contribution in [2.45, 2.75) is 25.4 Å². The SMILES string of the molecule is CCOC(=O)ON1CCC(O)(CN)CC1. The Balaban J connectivity index is 2.28. The van der Waals surface area contributed by atoms with Gasteiger partial charge in [-0.25, -0.2) is 4.79 Å². The van der Waals surface area contributed by atoms with Crippen LogP contribution >= 0.6 is 0 Å². The van der Waals surface area contributed by atoms with Crippen LogP contribution in [0.1, 0.15) is 19.8 Å². The quantitative estimate of drug-likeness (QED) is 0.641. The van der Waals surface area contributed by atoms with E-state index in [1.165, 1.54) is 5.06 Å². The Bertz CT molecular complexity index is 214. The highest BCUT2D eigenvalue weighted by Crippen LogP contribution is 2.20. The normalized spacial score (nSPS) is 21.0. The number of carbonyl (C=O) groups excluding carboxylic acids is 1. The Morgan fingerprint density at radius 2 is 2.13 bits per heavy atom. The minimum atomic E-state index is -0.811. The number of ether oxygens (including phenoxy) is 1. The van der Waals surface area contributed by atoms with Crippen LogP contribution in [-0.4, -0.2) is 48.2 Å². The molecule has 1 aliphatic heterocycles. The first-order chi connectivity index (χ1) is 7.09. The van der Waals surface area contributed by atoms with Crippen molar-refractivity contribution >= 4 is 6.16 Å². The number of hydroxylamine groups is 2. The zero-order chi connectivity index (χ0) is 11.3. The molecule has 1 heterocycles. The summed E-state index contributed by atoms with van der Waals surface area (Å²) in [6, 6.07) is 0. The van der Waals surface area contributed by atoms with Gasteiger partial charge in [0.2, 0.25) is 0 Å². The Morgan fingerprint density at radius 3 is 2.60 bits per heavy atom. The molecule has 0 aliphatic carbocycles. The predicted molar refractivity (Wildman–Crippen MR) is 52.9 cm³/mol. The average Bonchev–Trinajstić information content (AvgIpc) is 2.22. The monoisotopic (exact) mass is 218 g/mol. The van der Waals surface area contributed by atoms with Crippen LogP contribution < -0.4 is 5.73 Å². The summed E-state index contributed by atoms with van der Waals surface area (Å²) in [6.45, 7) is 3.20. The summed E-state index contributed by atoms with van der Waals surface area (Å²) < 4.78 is 4.63. The number of hydrogen-bond acceptors (Lipinski definition) is 6. The van der Waals surface area contributed by atoms with Crippen molar-refractivity contribution in [3.8, 4) is 0 Å². The van der Waals surface area contributed by atoms with Gasteiger partial charge in [-0.05, 0) is 19.8 Å². The lowest BCUT2D eigenvalue weighted by Crippen LogP contribution is -2.49. The number of nitrogens with zero attached hydrogens (tertiary/aromatic N) is 1. The molecule has 0 bridgehead atoms. The van der Waals surface area contributed by atoms with Crippen molar-refractivity contribution in [2.24, 2.45) is 5.73 Å². The van der Waals surface area contributed by atoms with Gasteiger partial charge in [-0.15, -0.1) is 5.06 Å². The van der Waals surface area contributed by atoms with Crippen molar-refractivity contribution in [3.05, 3.63) is 0 Å². The number of nitrogens with two attached hydrogens (primary N) is 1. The van der Waals surface area contributed by atoms with Crippen LogP contribution in [0.5, 0.6) is 0 Å². The van der Waals surface area contributed by atoms with E-state index in [-0.39, 0.29) is 6.54 Å². The van der Waals surface area contributed by atoms with Crippen molar-refractivity contribution in [1.82, 2.24) is 5.06 Å². The van der Waals surface area contributed by atoms with E-state index in [9.17, 15) is 9.90 Å². The van der Waals surface area contributed by atoms with Crippen LogP contribution in [0.25, 0.3) is 0 Å². The van der Waals surface area contributed by atoms with Crippen LogP contribution in [0, 0.1) is 0 Å². The first-order valence-corrected chi connectivity index (χ1v) is 5.12. The van der Waals surface area contributed by atoms with Crippen molar-refractivity contribution in [2.75, 3.05) is 26.2 Å². The minimum Gasteiger partial charge on any atom is -0.433 e. The van der Waals surface area contributed by atoms with Crippen molar-refractivity contribution in [1.29, 1.82) is 0 Å². The third-order valence-electron chi connectivity index (χ3n) is 2.50. The molecule has 88 valence electrons. The average molecular weight is 218 g/mol. The van der Waals surface area contributed by atoms with Crippen LogP contribution in [-0.2, 0) is 9.57 Å². The number of hydrogen-bond donors (Lipinski definition) is 2. The van der Waals surface area contributed by atoms with Crippen LogP contribution in [0.4, 0.5) is 4.79 Å². The van der Waals surface area contributed by atoms with Gasteiger partial charge in [0.1, 0.15) is 0 Å². The van der Waals surface area contributed by atoms with Gasteiger partial charge >= 0.3 is 6.16 Å². The number of carbonyl (C=O) groups is 1. The van der Waals surface area contributed by atoms with Gasteiger partial charge in [0.25, 0.3) is 0 Å². The molecule has 0 unspecified atom stereocenters. The van der Waals surface area contributed by atoms with Gasteiger partial charge < -0.3 is 20.4 Å². The Morgan fingerprint density at radius 1 is 1.53 bits per heavy atom. The lowest BCUT2D eigenvalue weighted by atomic mass is 9.93. The number of rotatable bonds is 3. The maximum atomic E-state index is 11.0. The number of piperidine rings is 1. The van der Waals surface area contributed by atoms with E-state index in [0.29, 0.717) is 32.5 Å². The molecule has 1 fully saturated rings. The largest absolute Gasteiger partial charge is 0.527 e. The molecule has 6 heteroatoms. The van der Waals surface area contributed by atoms with Gasteiger partial charge in [0, 0.05) is 19.6 Å². The fourth-order valence-electron chi connectivity index (χ4n) is 1.45. The predicted octanol–water partition coefficient (Wildman–Crippen LogP) is -0.140. The zero-order valence-electron chi connectivity index (χ0n) is 8.94. The molecule has 3 N–H and O–H groups in total. The van der Waals surface area contributed by atoms with Gasteiger partial charge in [-0.3, -0.25) is 0 Å². The Kier molecular flexibility index (Phi) is 4.31. The molecule has 0 radical (unpaired) electrons. The zero-order valence-corrected chi connectivity index (χ0v) is 8.94. The topological polar surface area (TPSA) is 85.0 Å². The molecular weight excluding hydrogens is 200 g/mol. The summed E-state index contributed by atoms with van der Waals surface area (Å²) in [6.07, 6.45) is 0.307. The maximum absolute atomic E-state index is 11.0. The summed E-state index contributed by atoms with van der Waals surface area (Å²) in [5.74, 6) is 0. The highest BCUT2D eigenvalue weighted by Gasteiger charge is 2.32. The standard InChI is InChI=1S/C9H18N2O4/c1-2-14-8(12)15-11-5-3-9(13,7-10)4-6-11/h13H,2-7,10H2,1H3. The first-order valence-electron chi connectivity index (χ1n) is 5.12. The maximum Gasteiger partial charge on any atom is 0.527 e. The van der Waals surface area contributed by atoms with Gasteiger partial charge in [0.15, 0.2) is 0 Å². The molecule has 6 nitrogen and oxygen atoms in total. The molecule has 0 aromatic rings. The molecule has 1 aliphatic rings. The Labute approximate surface area is 88.9 Å². The molecular formula is C9H18N2O4. The fourth-order valence-corrected chi connectivity index (χ4v) is 1.45. The highest BCUT2D eigenvalue weighted by atomic mass is 16.8. The van der Waals surface area contributed by atoms with Gasteiger partial charge in [-0.2, -0.15) is 0 Å². The summed E-state index contributed by atoms with van der Waals surface area (Å²) in [4.78, 5) is 15.9. The third-order valence-corrected chi connectivity index (χ3v) is 2.50. The highest BCUT2D eigenvalue weighted by molar-refractivity contribution is 5.59. The molecule has 15 heavy (non-hydrogen) atoms. The van der Waals surface area contributed by atoms with Crippen molar-refractivity contribution < 1.29 is 19.5 Å². The molecule has 0 saturated carbocycles. The van der Waals surface area contributed by atoms with E-state index in [0.717, 1.165) is 0 Å². The first kappa shape index (κ1) is 12.2. The molecule has 0 atom stereocenters. The summed E-state index contributed by atoms with van der Waals surface area (Å²) >= 11 is 0. The molecule has 1 saturated heterocycles. The van der Waals surface area contributed by atoms with E-state index >= 15 is 0 Å². The van der Waals surface area contributed by atoms with E-state index < -0.39 is 11.8 Å². The van der Waals surface area contributed by atoms with E-state index in [1.807, 2.05) is 0 Å². The second-order valence-electron chi connectivity index (χ2n) is 3.63. The smallest absolute Gasteiger partial charge is 0.433 e. The van der Waals surface area contributed by atoms with E-state index in [2.05, 4.69) is 4.74 Å². The second kappa shape index (κ2) is 5.29. The summed E-state index contributed by atoms with van der Waals surface area (Å²) in [5.41, 5.74) is 4.62. The van der Waals surface area contributed by atoms with E-state index in [4.69, 9.17) is 10.6 Å². The lowest BCUT2D eigenvalue weighted by Gasteiger charge is -2.35. The van der Waals surface area contributed by atoms with Gasteiger partial charge in [-0.1, -0.05) is 0 Å². The van der Waals surface area contributed by atoms with Crippen LogP contribution in [0.15, 0.2) is 0 Å². The molecule has 0 aromatic heterocycles. The Hall–Kier alpha value is -0.850. The molecule has 0 spiro atoms. The molecule has 0 aromatic carbocycles. The lowest BCUT2D eigenvalue weighted by molar-refractivity contribution is -0.164. The summed E-state index contributed by atoms with van der Waals surface area (Å²) in [7, 11) is 0. The minimum absolute atomic E-state index is 0.236. The number of aliphatic hydroxyl groups is 1. The molecule has 1 rings (SSSR count). The van der Waals surface area contributed by atoms with E-state index in [1.54, 1.807) is 6.92 Å². The van der Waals surface area contributed by atoms with Crippen molar-refractivity contribution in [3.63, 3.8) is 0 Å². The second-order valence-corrected chi connectivity index (χ2v) is 3.63.